The second-order valence-corrected chi connectivity index (χ2v) is 4.56. The molecule has 0 radical (unpaired) electrons. The molecule has 1 heterocycles. The second-order valence-electron chi connectivity index (χ2n) is 4.56. The Morgan fingerprint density at radius 2 is 1.79 bits per heavy atom. The third kappa shape index (κ3) is 1.65. The van der Waals surface area contributed by atoms with E-state index < -0.39 is 5.92 Å². The van der Waals surface area contributed by atoms with Gasteiger partial charge in [-0.1, -0.05) is 0 Å². The summed E-state index contributed by atoms with van der Waals surface area (Å²) in [5.41, 5.74) is 5.56. The van der Waals surface area contributed by atoms with E-state index in [2.05, 4.69) is 0 Å². The summed E-state index contributed by atoms with van der Waals surface area (Å²) in [5, 5.41) is 0. The van der Waals surface area contributed by atoms with Crippen LogP contribution in [0.25, 0.3) is 0 Å². The van der Waals surface area contributed by atoms with E-state index in [-0.39, 0.29) is 24.4 Å². The molecule has 0 aromatic heterocycles. The number of rotatable bonds is 1. The third-order valence-electron chi connectivity index (χ3n) is 3.79. The van der Waals surface area contributed by atoms with Gasteiger partial charge in [0, 0.05) is 31.4 Å². The van der Waals surface area contributed by atoms with Crippen LogP contribution in [-0.2, 0) is 4.74 Å². The first-order chi connectivity index (χ1) is 6.58. The van der Waals surface area contributed by atoms with Crippen molar-refractivity contribution >= 4 is 0 Å². The van der Waals surface area contributed by atoms with Crippen LogP contribution in [0.15, 0.2) is 0 Å². The average molecular weight is 205 g/mol. The van der Waals surface area contributed by atoms with Crippen molar-refractivity contribution in [3.8, 4) is 0 Å². The van der Waals surface area contributed by atoms with Crippen molar-refractivity contribution in [1.82, 2.24) is 0 Å². The lowest BCUT2D eigenvalue weighted by Gasteiger charge is -2.39. The van der Waals surface area contributed by atoms with Gasteiger partial charge in [-0.3, -0.25) is 0 Å². The van der Waals surface area contributed by atoms with Crippen LogP contribution in [0.3, 0.4) is 0 Å². The van der Waals surface area contributed by atoms with Gasteiger partial charge < -0.3 is 10.5 Å². The maximum Gasteiger partial charge on any atom is 0.248 e. The smallest absolute Gasteiger partial charge is 0.248 e. The van der Waals surface area contributed by atoms with E-state index in [1.54, 1.807) is 0 Å². The van der Waals surface area contributed by atoms with Gasteiger partial charge in [0.05, 0.1) is 6.10 Å². The van der Waals surface area contributed by atoms with E-state index >= 15 is 0 Å². The van der Waals surface area contributed by atoms with Crippen molar-refractivity contribution in [2.75, 3.05) is 13.2 Å². The summed E-state index contributed by atoms with van der Waals surface area (Å²) in [7, 11) is 0. The fraction of sp³-hybridized carbons (Fsp3) is 1.00. The molecule has 1 unspecified atom stereocenters. The Labute approximate surface area is 82.8 Å². The Hall–Kier alpha value is -0.220. The summed E-state index contributed by atoms with van der Waals surface area (Å²) in [6.07, 6.45) is 2.08. The molecule has 1 aliphatic heterocycles. The molecule has 0 amide bonds. The van der Waals surface area contributed by atoms with Crippen molar-refractivity contribution < 1.29 is 13.5 Å². The molecule has 1 aliphatic carbocycles. The lowest BCUT2D eigenvalue weighted by atomic mass is 9.68. The van der Waals surface area contributed by atoms with E-state index in [4.69, 9.17) is 10.5 Å². The first-order valence-electron chi connectivity index (χ1n) is 5.28. The summed E-state index contributed by atoms with van der Waals surface area (Å²) >= 11 is 0. The van der Waals surface area contributed by atoms with E-state index in [0.29, 0.717) is 26.0 Å². The molecule has 1 atom stereocenters. The predicted octanol–water partition coefficient (Wildman–Crippen LogP) is 1.93. The van der Waals surface area contributed by atoms with Gasteiger partial charge in [-0.25, -0.2) is 8.78 Å². The third-order valence-corrected chi connectivity index (χ3v) is 3.79. The average Bonchev–Trinajstić information content (AvgIpc) is 2.54. The van der Waals surface area contributed by atoms with Crippen LogP contribution >= 0.6 is 0 Å². The molecule has 0 aromatic rings. The molecule has 2 N–H and O–H groups in total. The number of ether oxygens (including phenoxy) is 1. The fourth-order valence-corrected chi connectivity index (χ4v) is 2.75. The number of alkyl halides is 2. The van der Waals surface area contributed by atoms with Gasteiger partial charge in [0.1, 0.15) is 0 Å². The van der Waals surface area contributed by atoms with Crippen molar-refractivity contribution in [2.45, 2.75) is 44.1 Å². The number of nitrogens with two attached hydrogens (primary N) is 1. The predicted molar refractivity (Wildman–Crippen MR) is 49.3 cm³/mol. The first-order valence-corrected chi connectivity index (χ1v) is 5.28. The van der Waals surface area contributed by atoms with Crippen LogP contribution in [0, 0.1) is 5.41 Å². The first kappa shape index (κ1) is 10.3. The lowest BCUT2D eigenvalue weighted by molar-refractivity contribution is -0.0817. The molecule has 1 saturated carbocycles. The summed E-state index contributed by atoms with van der Waals surface area (Å²) in [4.78, 5) is 0. The SMILES string of the molecule is NCC1OCCC12CCC(F)(F)CC2. The highest BCUT2D eigenvalue weighted by Crippen LogP contribution is 2.50. The maximum absolute atomic E-state index is 13.0. The quantitative estimate of drug-likeness (QED) is 0.710. The molecule has 82 valence electrons. The van der Waals surface area contributed by atoms with Gasteiger partial charge in [-0.2, -0.15) is 0 Å². The minimum absolute atomic E-state index is 0.00681. The van der Waals surface area contributed by atoms with Crippen molar-refractivity contribution in [3.05, 3.63) is 0 Å². The monoisotopic (exact) mass is 205 g/mol. The summed E-state index contributed by atoms with van der Waals surface area (Å²) in [6.45, 7) is 1.15. The zero-order valence-electron chi connectivity index (χ0n) is 8.27. The number of hydrogen-bond donors (Lipinski definition) is 1. The molecule has 2 aliphatic rings. The Morgan fingerprint density at radius 3 is 2.36 bits per heavy atom. The van der Waals surface area contributed by atoms with Gasteiger partial charge in [-0.15, -0.1) is 0 Å². The Balaban J connectivity index is 2.04. The minimum atomic E-state index is -2.45. The fourth-order valence-electron chi connectivity index (χ4n) is 2.75. The molecule has 2 rings (SSSR count). The Kier molecular flexibility index (Phi) is 2.52. The molecular formula is C10H17F2NO. The van der Waals surface area contributed by atoms with Gasteiger partial charge in [0.15, 0.2) is 0 Å². The molecule has 0 bridgehead atoms. The number of halogens is 2. The highest BCUT2D eigenvalue weighted by Gasteiger charge is 2.49. The second kappa shape index (κ2) is 3.42. The van der Waals surface area contributed by atoms with E-state index in [0.717, 1.165) is 6.42 Å². The Bertz CT molecular complexity index is 210. The van der Waals surface area contributed by atoms with E-state index in [1.807, 2.05) is 0 Å². The highest BCUT2D eigenvalue weighted by molar-refractivity contribution is 4.97. The molecule has 1 saturated heterocycles. The molecule has 2 nitrogen and oxygen atoms in total. The molecule has 4 heteroatoms. The molecule has 2 fully saturated rings. The van der Waals surface area contributed by atoms with Crippen LogP contribution in [0.4, 0.5) is 8.78 Å². The van der Waals surface area contributed by atoms with Crippen molar-refractivity contribution in [1.29, 1.82) is 0 Å². The van der Waals surface area contributed by atoms with Crippen LogP contribution < -0.4 is 5.73 Å². The van der Waals surface area contributed by atoms with Gasteiger partial charge in [-0.05, 0) is 19.3 Å². The van der Waals surface area contributed by atoms with Crippen molar-refractivity contribution in [3.63, 3.8) is 0 Å². The summed E-state index contributed by atoms with van der Waals surface area (Å²) in [6, 6.07) is 0. The van der Waals surface area contributed by atoms with Gasteiger partial charge >= 0.3 is 0 Å². The maximum atomic E-state index is 13.0. The zero-order chi connectivity index (χ0) is 10.2. The molecule has 0 aromatic carbocycles. The zero-order valence-corrected chi connectivity index (χ0v) is 8.27. The van der Waals surface area contributed by atoms with E-state index in [1.165, 1.54) is 0 Å². The standard InChI is InChI=1S/C10H17F2NO/c11-10(12)3-1-9(2-4-10)5-6-14-8(9)7-13/h8H,1-7,13H2. The summed E-state index contributed by atoms with van der Waals surface area (Å²) in [5.74, 6) is -2.45. The van der Waals surface area contributed by atoms with Crippen molar-refractivity contribution in [2.24, 2.45) is 11.1 Å². The topological polar surface area (TPSA) is 35.2 Å². The van der Waals surface area contributed by atoms with Gasteiger partial charge in [0.25, 0.3) is 0 Å². The minimum Gasteiger partial charge on any atom is -0.376 e. The summed E-state index contributed by atoms with van der Waals surface area (Å²) < 4.78 is 31.5. The van der Waals surface area contributed by atoms with Crippen LogP contribution in [0.1, 0.15) is 32.1 Å². The van der Waals surface area contributed by atoms with Crippen LogP contribution in [-0.4, -0.2) is 25.2 Å². The number of hydrogen-bond acceptors (Lipinski definition) is 2. The van der Waals surface area contributed by atoms with Crippen LogP contribution in [0.5, 0.6) is 0 Å². The van der Waals surface area contributed by atoms with E-state index in [9.17, 15) is 8.78 Å². The lowest BCUT2D eigenvalue weighted by Crippen LogP contribution is -2.42. The molecule has 1 spiro atoms. The molecule has 14 heavy (non-hydrogen) atoms. The van der Waals surface area contributed by atoms with Crippen LogP contribution in [0.2, 0.25) is 0 Å². The largest absolute Gasteiger partial charge is 0.376 e. The normalized spacial score (nSPS) is 34.9. The van der Waals surface area contributed by atoms with Gasteiger partial charge in [0.2, 0.25) is 5.92 Å². The molecular weight excluding hydrogens is 188 g/mol. The Morgan fingerprint density at radius 1 is 1.14 bits per heavy atom. The highest BCUT2D eigenvalue weighted by atomic mass is 19.3.